The minimum atomic E-state index is -0.204. The Kier molecular flexibility index (Phi) is 3.99. The van der Waals surface area contributed by atoms with E-state index in [1.807, 2.05) is 13.0 Å². The number of aryl methyl sites for hydroxylation is 1. The zero-order chi connectivity index (χ0) is 13.1. The fourth-order valence-corrected chi connectivity index (χ4v) is 2.02. The Morgan fingerprint density at radius 3 is 2.61 bits per heavy atom. The molecular formula is C13H10BrClN2O. The first-order valence-corrected chi connectivity index (χ1v) is 6.42. The summed E-state index contributed by atoms with van der Waals surface area (Å²) < 4.78 is 0.879. The molecule has 2 aromatic rings. The summed E-state index contributed by atoms with van der Waals surface area (Å²) in [6.45, 7) is 1.88. The molecule has 0 bridgehead atoms. The Hall–Kier alpha value is -1.39. The third-order valence-electron chi connectivity index (χ3n) is 2.38. The molecule has 0 atom stereocenters. The van der Waals surface area contributed by atoms with Crippen LogP contribution in [0.4, 0.5) is 5.82 Å². The van der Waals surface area contributed by atoms with Gasteiger partial charge in [0.15, 0.2) is 0 Å². The molecule has 3 nitrogen and oxygen atoms in total. The van der Waals surface area contributed by atoms with Crippen LogP contribution in [-0.4, -0.2) is 10.9 Å². The second kappa shape index (κ2) is 5.50. The molecule has 5 heteroatoms. The molecule has 1 N–H and O–H groups in total. The molecule has 18 heavy (non-hydrogen) atoms. The number of pyridine rings is 1. The summed E-state index contributed by atoms with van der Waals surface area (Å²) in [5.41, 5.74) is 1.44. The van der Waals surface area contributed by atoms with E-state index in [0.29, 0.717) is 16.4 Å². The van der Waals surface area contributed by atoms with Gasteiger partial charge in [-0.2, -0.15) is 0 Å². The number of hydrogen-bond donors (Lipinski definition) is 1. The standard InChI is InChI=1S/C13H10BrClN2O/c1-8-6-10(14)7-16-12(8)17-13(18)9-2-4-11(15)5-3-9/h2-7H,1H3,(H,16,17,18). The van der Waals surface area contributed by atoms with E-state index in [-0.39, 0.29) is 5.91 Å². The average Bonchev–Trinajstić information content (AvgIpc) is 2.33. The molecule has 1 aromatic heterocycles. The fourth-order valence-electron chi connectivity index (χ4n) is 1.45. The van der Waals surface area contributed by atoms with Crippen LogP contribution >= 0.6 is 27.5 Å². The van der Waals surface area contributed by atoms with Crippen molar-refractivity contribution >= 4 is 39.3 Å². The molecule has 0 aliphatic heterocycles. The summed E-state index contributed by atoms with van der Waals surface area (Å²) in [7, 11) is 0. The smallest absolute Gasteiger partial charge is 0.256 e. The number of benzene rings is 1. The lowest BCUT2D eigenvalue weighted by Gasteiger charge is -2.07. The van der Waals surface area contributed by atoms with Gasteiger partial charge < -0.3 is 5.32 Å². The van der Waals surface area contributed by atoms with Gasteiger partial charge in [0.1, 0.15) is 5.82 Å². The summed E-state index contributed by atoms with van der Waals surface area (Å²) >= 11 is 9.10. The van der Waals surface area contributed by atoms with E-state index in [2.05, 4.69) is 26.2 Å². The average molecular weight is 326 g/mol. The van der Waals surface area contributed by atoms with Crippen LogP contribution in [0.15, 0.2) is 41.0 Å². The molecule has 92 valence electrons. The fraction of sp³-hybridized carbons (Fsp3) is 0.0769. The minimum absolute atomic E-state index is 0.204. The van der Waals surface area contributed by atoms with Crippen molar-refractivity contribution in [1.29, 1.82) is 0 Å². The highest BCUT2D eigenvalue weighted by molar-refractivity contribution is 9.10. The van der Waals surface area contributed by atoms with Gasteiger partial charge in [0.2, 0.25) is 0 Å². The van der Waals surface area contributed by atoms with Gasteiger partial charge in [-0.15, -0.1) is 0 Å². The van der Waals surface area contributed by atoms with Crippen LogP contribution in [0, 0.1) is 6.92 Å². The molecule has 1 amide bonds. The number of aromatic nitrogens is 1. The topological polar surface area (TPSA) is 42.0 Å². The highest BCUT2D eigenvalue weighted by Gasteiger charge is 2.08. The lowest BCUT2D eigenvalue weighted by Crippen LogP contribution is -2.13. The molecule has 1 aromatic carbocycles. The Bertz CT molecular complexity index is 584. The summed E-state index contributed by atoms with van der Waals surface area (Å²) in [4.78, 5) is 16.1. The zero-order valence-corrected chi connectivity index (χ0v) is 11.9. The van der Waals surface area contributed by atoms with E-state index >= 15 is 0 Å². The van der Waals surface area contributed by atoms with E-state index in [1.54, 1.807) is 30.5 Å². The van der Waals surface area contributed by atoms with Crippen LogP contribution in [0.1, 0.15) is 15.9 Å². The number of anilines is 1. The van der Waals surface area contributed by atoms with Crippen LogP contribution in [-0.2, 0) is 0 Å². The maximum absolute atomic E-state index is 12.0. The quantitative estimate of drug-likeness (QED) is 0.905. The second-order valence-corrected chi connectivity index (χ2v) is 5.13. The Labute approximate surface area is 118 Å². The van der Waals surface area contributed by atoms with Gasteiger partial charge in [-0.1, -0.05) is 11.6 Å². The van der Waals surface area contributed by atoms with Crippen molar-refractivity contribution < 1.29 is 4.79 Å². The molecule has 0 radical (unpaired) electrons. The third-order valence-corrected chi connectivity index (χ3v) is 3.07. The van der Waals surface area contributed by atoms with Crippen LogP contribution in [0.5, 0.6) is 0 Å². The Morgan fingerprint density at radius 1 is 1.33 bits per heavy atom. The van der Waals surface area contributed by atoms with Gasteiger partial charge >= 0.3 is 0 Å². The number of halogens is 2. The van der Waals surface area contributed by atoms with Crippen molar-refractivity contribution in [3.8, 4) is 0 Å². The van der Waals surface area contributed by atoms with Crippen LogP contribution in [0.3, 0.4) is 0 Å². The highest BCUT2D eigenvalue weighted by Crippen LogP contribution is 2.18. The van der Waals surface area contributed by atoms with Gasteiger partial charge in [0.25, 0.3) is 5.91 Å². The summed E-state index contributed by atoms with van der Waals surface area (Å²) in [5, 5.41) is 3.36. The summed E-state index contributed by atoms with van der Waals surface area (Å²) in [6.07, 6.45) is 1.64. The third kappa shape index (κ3) is 3.09. The first kappa shape index (κ1) is 13.1. The number of nitrogens with zero attached hydrogens (tertiary/aromatic N) is 1. The predicted molar refractivity (Wildman–Crippen MR) is 76.1 cm³/mol. The van der Waals surface area contributed by atoms with Crippen molar-refractivity contribution in [2.24, 2.45) is 0 Å². The van der Waals surface area contributed by atoms with Gasteiger partial charge in [0.05, 0.1) is 0 Å². The lowest BCUT2D eigenvalue weighted by atomic mass is 10.2. The molecule has 0 aliphatic carbocycles. The Balaban J connectivity index is 2.18. The molecule has 1 heterocycles. The molecule has 0 aliphatic rings. The van der Waals surface area contributed by atoms with E-state index in [4.69, 9.17) is 11.6 Å². The van der Waals surface area contributed by atoms with Crippen molar-refractivity contribution in [2.75, 3.05) is 5.32 Å². The minimum Gasteiger partial charge on any atom is -0.306 e. The van der Waals surface area contributed by atoms with Gasteiger partial charge in [-0.05, 0) is 58.7 Å². The molecule has 2 rings (SSSR count). The number of nitrogens with one attached hydrogen (secondary N) is 1. The van der Waals surface area contributed by atoms with Gasteiger partial charge in [0, 0.05) is 21.3 Å². The highest BCUT2D eigenvalue weighted by atomic mass is 79.9. The molecule has 0 fully saturated rings. The van der Waals surface area contributed by atoms with Gasteiger partial charge in [-0.25, -0.2) is 4.98 Å². The second-order valence-electron chi connectivity index (χ2n) is 3.78. The van der Waals surface area contributed by atoms with Crippen molar-refractivity contribution in [3.63, 3.8) is 0 Å². The predicted octanol–water partition coefficient (Wildman–Crippen LogP) is 4.06. The number of carbonyl (C=O) groups is 1. The van der Waals surface area contributed by atoms with Crippen molar-refractivity contribution in [3.05, 3.63) is 57.2 Å². The van der Waals surface area contributed by atoms with Crippen LogP contribution in [0.25, 0.3) is 0 Å². The van der Waals surface area contributed by atoms with E-state index in [0.717, 1.165) is 10.0 Å². The maximum atomic E-state index is 12.0. The molecule has 0 spiro atoms. The monoisotopic (exact) mass is 324 g/mol. The van der Waals surface area contributed by atoms with Crippen molar-refractivity contribution in [2.45, 2.75) is 6.92 Å². The van der Waals surface area contributed by atoms with Crippen LogP contribution < -0.4 is 5.32 Å². The van der Waals surface area contributed by atoms with Crippen LogP contribution in [0.2, 0.25) is 5.02 Å². The summed E-state index contributed by atoms with van der Waals surface area (Å²) in [6, 6.07) is 8.60. The lowest BCUT2D eigenvalue weighted by molar-refractivity contribution is 0.102. The van der Waals surface area contributed by atoms with Gasteiger partial charge in [-0.3, -0.25) is 4.79 Å². The number of carbonyl (C=O) groups excluding carboxylic acids is 1. The first-order chi connectivity index (χ1) is 8.56. The zero-order valence-electron chi connectivity index (χ0n) is 9.58. The normalized spacial score (nSPS) is 10.2. The van der Waals surface area contributed by atoms with E-state index in [9.17, 15) is 4.79 Å². The first-order valence-electron chi connectivity index (χ1n) is 5.25. The molecule has 0 saturated heterocycles. The Morgan fingerprint density at radius 2 is 2.00 bits per heavy atom. The van der Waals surface area contributed by atoms with E-state index < -0.39 is 0 Å². The van der Waals surface area contributed by atoms with Crippen molar-refractivity contribution in [1.82, 2.24) is 4.98 Å². The van der Waals surface area contributed by atoms with E-state index in [1.165, 1.54) is 0 Å². The molecule has 0 unspecified atom stereocenters. The molecule has 0 saturated carbocycles. The number of amides is 1. The largest absolute Gasteiger partial charge is 0.306 e. The SMILES string of the molecule is Cc1cc(Br)cnc1NC(=O)c1ccc(Cl)cc1. The number of rotatable bonds is 2. The maximum Gasteiger partial charge on any atom is 0.256 e. The summed E-state index contributed by atoms with van der Waals surface area (Å²) in [5.74, 6) is 0.350. The molecular weight excluding hydrogens is 316 g/mol. The number of hydrogen-bond acceptors (Lipinski definition) is 2.